The van der Waals surface area contributed by atoms with Crippen molar-refractivity contribution in [2.24, 2.45) is 0 Å². The topological polar surface area (TPSA) is 42.2 Å². The Kier molecular flexibility index (Phi) is 2.55. The van der Waals surface area contributed by atoms with Crippen LogP contribution in [0.1, 0.15) is 11.1 Å². The molecular weight excluding hydrogens is 294 g/mol. The first-order valence-electron chi connectivity index (χ1n) is 5.80. The lowest BCUT2D eigenvalue weighted by Gasteiger charge is -2.24. The third-order valence-electron chi connectivity index (χ3n) is 3.46. The van der Waals surface area contributed by atoms with Crippen molar-refractivity contribution < 1.29 is 5.11 Å². The summed E-state index contributed by atoms with van der Waals surface area (Å²) in [5, 5.41) is 9.81. The Hall–Kier alpha value is -1.55. The number of aromatic hydroxyl groups is 1. The van der Waals surface area contributed by atoms with Crippen LogP contribution in [-0.2, 0) is 13.0 Å². The molecule has 0 atom stereocenters. The number of benzene rings is 1. The van der Waals surface area contributed by atoms with E-state index in [1.54, 1.807) is 4.57 Å². The maximum absolute atomic E-state index is 11.9. The van der Waals surface area contributed by atoms with Gasteiger partial charge in [-0.15, -0.1) is 0 Å². The number of hydrogen-bond acceptors (Lipinski definition) is 2. The summed E-state index contributed by atoms with van der Waals surface area (Å²) in [7, 11) is 0. The molecule has 1 aliphatic rings. The van der Waals surface area contributed by atoms with Crippen LogP contribution in [0.4, 0.5) is 0 Å². The molecule has 2 aromatic rings. The van der Waals surface area contributed by atoms with E-state index in [-0.39, 0.29) is 11.3 Å². The van der Waals surface area contributed by atoms with Crippen molar-refractivity contribution in [2.45, 2.75) is 19.9 Å². The molecule has 0 fully saturated rings. The van der Waals surface area contributed by atoms with E-state index in [1.807, 2.05) is 19.1 Å². The highest BCUT2D eigenvalue weighted by molar-refractivity contribution is 9.10. The number of nitrogens with zero attached hydrogens (tertiary/aromatic N) is 1. The second kappa shape index (κ2) is 3.99. The zero-order valence-corrected chi connectivity index (χ0v) is 11.5. The first kappa shape index (κ1) is 11.5. The smallest absolute Gasteiger partial charge is 0.254 e. The van der Waals surface area contributed by atoms with Gasteiger partial charge in [0, 0.05) is 28.2 Å². The SMILES string of the molecule is Cc1c(O)cc(=O)n2c1-c1ccc(Br)cc1CC2. The molecule has 1 aromatic carbocycles. The second-order valence-corrected chi connectivity index (χ2v) is 5.46. The van der Waals surface area contributed by atoms with Gasteiger partial charge in [0.25, 0.3) is 5.56 Å². The van der Waals surface area contributed by atoms with Gasteiger partial charge in [0.15, 0.2) is 0 Å². The van der Waals surface area contributed by atoms with Gasteiger partial charge in [0.1, 0.15) is 5.75 Å². The highest BCUT2D eigenvalue weighted by Crippen LogP contribution is 2.34. The van der Waals surface area contributed by atoms with Crippen LogP contribution in [0.25, 0.3) is 11.3 Å². The van der Waals surface area contributed by atoms with Crippen molar-refractivity contribution in [1.29, 1.82) is 0 Å². The van der Waals surface area contributed by atoms with Gasteiger partial charge in [0.2, 0.25) is 0 Å². The van der Waals surface area contributed by atoms with E-state index >= 15 is 0 Å². The molecule has 0 amide bonds. The number of aromatic nitrogens is 1. The molecule has 0 saturated carbocycles. The van der Waals surface area contributed by atoms with Gasteiger partial charge in [-0.1, -0.05) is 22.0 Å². The van der Waals surface area contributed by atoms with Crippen molar-refractivity contribution in [3.63, 3.8) is 0 Å². The Balaban J connectivity index is 2.39. The number of halogens is 1. The molecule has 0 saturated heterocycles. The average Bonchev–Trinajstić information content (AvgIpc) is 2.34. The minimum atomic E-state index is -0.137. The zero-order valence-electron chi connectivity index (χ0n) is 9.90. The fraction of sp³-hybridized carbons (Fsp3) is 0.214. The van der Waals surface area contributed by atoms with E-state index < -0.39 is 0 Å². The van der Waals surface area contributed by atoms with E-state index in [2.05, 4.69) is 22.0 Å². The molecule has 0 unspecified atom stereocenters. The summed E-state index contributed by atoms with van der Waals surface area (Å²) in [5.41, 5.74) is 3.71. The minimum absolute atomic E-state index is 0.0713. The lowest BCUT2D eigenvalue weighted by molar-refractivity contribution is 0.466. The number of fused-ring (bicyclic) bond motifs is 3. The van der Waals surface area contributed by atoms with E-state index in [4.69, 9.17) is 0 Å². The number of rotatable bonds is 0. The van der Waals surface area contributed by atoms with Crippen molar-refractivity contribution in [1.82, 2.24) is 4.57 Å². The van der Waals surface area contributed by atoms with Crippen molar-refractivity contribution >= 4 is 15.9 Å². The normalized spacial score (nSPS) is 13.0. The maximum Gasteiger partial charge on any atom is 0.254 e. The quantitative estimate of drug-likeness (QED) is 0.813. The molecular formula is C14H12BrNO2. The Labute approximate surface area is 113 Å². The average molecular weight is 306 g/mol. The first-order valence-corrected chi connectivity index (χ1v) is 6.59. The lowest BCUT2D eigenvalue weighted by atomic mass is 9.94. The molecule has 3 rings (SSSR count). The highest BCUT2D eigenvalue weighted by atomic mass is 79.9. The molecule has 0 bridgehead atoms. The van der Waals surface area contributed by atoms with Gasteiger partial charge in [-0.2, -0.15) is 0 Å². The Morgan fingerprint density at radius 1 is 1.33 bits per heavy atom. The molecule has 2 heterocycles. The van der Waals surface area contributed by atoms with E-state index in [0.717, 1.165) is 27.7 Å². The first-order chi connectivity index (χ1) is 8.58. The third-order valence-corrected chi connectivity index (χ3v) is 3.96. The Bertz CT molecular complexity index is 704. The summed E-state index contributed by atoms with van der Waals surface area (Å²) in [4.78, 5) is 11.9. The Morgan fingerprint density at radius 2 is 2.11 bits per heavy atom. The standard InChI is InChI=1S/C14H12BrNO2/c1-8-12(17)7-13(18)16-5-4-9-6-10(15)2-3-11(9)14(8)16/h2-3,6-7,17H,4-5H2,1H3. The molecule has 1 aliphatic heterocycles. The number of aryl methyl sites for hydroxylation is 1. The molecule has 1 N–H and O–H groups in total. The van der Waals surface area contributed by atoms with Crippen LogP contribution in [0.3, 0.4) is 0 Å². The molecule has 0 radical (unpaired) electrons. The van der Waals surface area contributed by atoms with Gasteiger partial charge < -0.3 is 9.67 Å². The van der Waals surface area contributed by atoms with Gasteiger partial charge in [0.05, 0.1) is 5.69 Å². The zero-order chi connectivity index (χ0) is 12.9. The van der Waals surface area contributed by atoms with Crippen LogP contribution < -0.4 is 5.56 Å². The molecule has 0 aliphatic carbocycles. The third kappa shape index (κ3) is 1.60. The predicted octanol–water partition coefficient (Wildman–Crippen LogP) is 2.85. The molecule has 18 heavy (non-hydrogen) atoms. The summed E-state index contributed by atoms with van der Waals surface area (Å²) in [6, 6.07) is 7.33. The maximum atomic E-state index is 11.9. The molecule has 3 nitrogen and oxygen atoms in total. The molecule has 0 spiro atoms. The van der Waals surface area contributed by atoms with Crippen LogP contribution in [0.15, 0.2) is 33.5 Å². The molecule has 4 heteroatoms. The summed E-state index contributed by atoms with van der Waals surface area (Å²) >= 11 is 3.46. The number of pyridine rings is 1. The fourth-order valence-electron chi connectivity index (χ4n) is 2.54. The van der Waals surface area contributed by atoms with E-state index in [1.165, 1.54) is 11.6 Å². The largest absolute Gasteiger partial charge is 0.507 e. The van der Waals surface area contributed by atoms with Crippen molar-refractivity contribution in [3.05, 3.63) is 50.2 Å². The minimum Gasteiger partial charge on any atom is -0.507 e. The molecule has 1 aromatic heterocycles. The van der Waals surface area contributed by atoms with Gasteiger partial charge >= 0.3 is 0 Å². The molecule has 92 valence electrons. The van der Waals surface area contributed by atoms with E-state index in [9.17, 15) is 9.90 Å². The summed E-state index contributed by atoms with van der Waals surface area (Å²) in [6.07, 6.45) is 0.839. The van der Waals surface area contributed by atoms with Crippen molar-refractivity contribution in [3.8, 4) is 17.0 Å². The van der Waals surface area contributed by atoms with Crippen LogP contribution in [0.2, 0.25) is 0 Å². The van der Waals surface area contributed by atoms with Gasteiger partial charge in [-0.3, -0.25) is 4.79 Å². The second-order valence-electron chi connectivity index (χ2n) is 4.54. The Morgan fingerprint density at radius 3 is 2.89 bits per heavy atom. The van der Waals surface area contributed by atoms with Crippen LogP contribution in [0, 0.1) is 6.92 Å². The number of hydrogen-bond donors (Lipinski definition) is 1. The summed E-state index contributed by atoms with van der Waals surface area (Å²) in [6.45, 7) is 2.51. The fourth-order valence-corrected chi connectivity index (χ4v) is 2.95. The predicted molar refractivity (Wildman–Crippen MR) is 73.9 cm³/mol. The summed E-state index contributed by atoms with van der Waals surface area (Å²) < 4.78 is 2.78. The van der Waals surface area contributed by atoms with Crippen LogP contribution in [-0.4, -0.2) is 9.67 Å². The monoisotopic (exact) mass is 305 g/mol. The lowest BCUT2D eigenvalue weighted by Crippen LogP contribution is -2.26. The van der Waals surface area contributed by atoms with Crippen LogP contribution in [0.5, 0.6) is 5.75 Å². The van der Waals surface area contributed by atoms with Crippen LogP contribution >= 0.6 is 15.9 Å². The van der Waals surface area contributed by atoms with Crippen molar-refractivity contribution in [2.75, 3.05) is 0 Å². The van der Waals surface area contributed by atoms with Gasteiger partial charge in [-0.05, 0) is 31.0 Å². The highest BCUT2D eigenvalue weighted by Gasteiger charge is 2.20. The van der Waals surface area contributed by atoms with E-state index in [0.29, 0.717) is 6.54 Å². The van der Waals surface area contributed by atoms with Gasteiger partial charge in [-0.25, -0.2) is 0 Å². The summed E-state index contributed by atoms with van der Waals surface area (Å²) in [5.74, 6) is 0.0713.